The maximum absolute atomic E-state index is 13.8. The molecule has 3 heterocycles. The van der Waals surface area contributed by atoms with E-state index in [4.69, 9.17) is 0 Å². The monoisotopic (exact) mass is 509 g/mol. The fourth-order valence-electron chi connectivity index (χ4n) is 5.07. The quantitative estimate of drug-likeness (QED) is 0.345. The number of carbonyl (C=O) groups is 2. The number of hydrogen-bond acceptors (Lipinski definition) is 5. The first-order chi connectivity index (χ1) is 18.2. The van der Waals surface area contributed by atoms with Gasteiger partial charge in [0.15, 0.2) is 5.78 Å². The summed E-state index contributed by atoms with van der Waals surface area (Å²) >= 11 is 0. The largest absolute Gasteiger partial charge is 0.372 e. The van der Waals surface area contributed by atoms with Gasteiger partial charge in [-0.1, -0.05) is 18.2 Å². The molecule has 4 bridgehead atoms. The smallest absolute Gasteiger partial charge is 0.321 e. The number of hydrogen-bond donors (Lipinski definition) is 3. The van der Waals surface area contributed by atoms with Crippen LogP contribution in [0.2, 0.25) is 0 Å². The van der Waals surface area contributed by atoms with Crippen LogP contribution in [0, 0.1) is 20.8 Å². The Morgan fingerprint density at radius 2 is 1.68 bits per heavy atom. The van der Waals surface area contributed by atoms with Crippen LogP contribution in [-0.2, 0) is 17.8 Å². The minimum atomic E-state index is -0.610. The Kier molecular flexibility index (Phi) is 6.72. The number of anilines is 2. The molecule has 4 aromatic rings. The highest BCUT2D eigenvalue weighted by atomic mass is 16.2. The van der Waals surface area contributed by atoms with Crippen molar-refractivity contribution in [3.8, 4) is 0 Å². The third-order valence-electron chi connectivity index (χ3n) is 7.31. The molecule has 0 saturated heterocycles. The van der Waals surface area contributed by atoms with E-state index in [-0.39, 0.29) is 17.4 Å². The predicted octanol–water partition coefficient (Wildman–Crippen LogP) is 5.18. The lowest BCUT2D eigenvalue weighted by Gasteiger charge is -2.24. The number of aromatic nitrogens is 2. The maximum Gasteiger partial charge on any atom is 0.321 e. The van der Waals surface area contributed by atoms with Gasteiger partial charge in [0.05, 0.1) is 17.2 Å². The standard InChI is InChI=1S/C30H31N5O3/c1-17-5-7-22-13-20(17)6-10-27(36)28(33-23-8-9-26-24(14-23)29(37)32-16-31-26)21-11-18(2)25(19(3)12-21)15-35(4)30(38)34-22/h5,7-9,11-14,16,28,33H,6,10,15H2,1-4H3,(H,34,38)(H,31,32,37). The Labute approximate surface area is 221 Å². The topological polar surface area (TPSA) is 107 Å². The SMILES string of the molecule is Cc1ccc2cc1CCC(=O)C(Nc1ccc3nc[nH]c(=O)c3c1)c1cc(C)c(c(C)c1)CN(C)C(=O)N2. The van der Waals surface area contributed by atoms with E-state index in [0.29, 0.717) is 41.7 Å². The van der Waals surface area contributed by atoms with Crippen molar-refractivity contribution in [3.63, 3.8) is 0 Å². The lowest BCUT2D eigenvalue weighted by Crippen LogP contribution is -2.31. The predicted molar refractivity (Wildman–Crippen MR) is 150 cm³/mol. The molecule has 3 N–H and O–H groups in total. The van der Waals surface area contributed by atoms with Gasteiger partial charge in [0.25, 0.3) is 5.56 Å². The molecule has 1 aromatic heterocycles. The van der Waals surface area contributed by atoms with E-state index in [2.05, 4.69) is 20.6 Å². The molecule has 2 aliphatic rings. The molecule has 0 fully saturated rings. The summed E-state index contributed by atoms with van der Waals surface area (Å²) in [7, 11) is 1.78. The summed E-state index contributed by atoms with van der Waals surface area (Å²) < 4.78 is 0. The minimum Gasteiger partial charge on any atom is -0.372 e. The molecule has 0 spiro atoms. The molecule has 8 heteroatoms. The molecule has 1 atom stereocenters. The summed E-state index contributed by atoms with van der Waals surface area (Å²) in [6.45, 7) is 6.46. The minimum absolute atomic E-state index is 0.0394. The molecule has 2 amide bonds. The number of nitrogens with one attached hydrogen (secondary N) is 3. The Balaban J connectivity index is 1.58. The maximum atomic E-state index is 13.8. The highest BCUT2D eigenvalue weighted by Gasteiger charge is 2.24. The first-order valence-electron chi connectivity index (χ1n) is 12.7. The molecular weight excluding hydrogens is 478 g/mol. The molecule has 3 aromatic carbocycles. The second-order valence-corrected chi connectivity index (χ2v) is 10.1. The van der Waals surface area contributed by atoms with E-state index in [1.54, 1.807) is 24.1 Å². The number of Topliss-reactive ketones (excluding diaryl/α,β-unsaturated/α-hetero) is 1. The Morgan fingerprint density at radius 3 is 2.45 bits per heavy atom. The zero-order valence-corrected chi connectivity index (χ0v) is 22.0. The van der Waals surface area contributed by atoms with E-state index in [1.807, 2.05) is 57.2 Å². The molecule has 38 heavy (non-hydrogen) atoms. The van der Waals surface area contributed by atoms with Crippen molar-refractivity contribution >= 4 is 34.1 Å². The second kappa shape index (κ2) is 10.1. The number of fused-ring (bicyclic) bond motifs is 9. The average molecular weight is 510 g/mol. The fourth-order valence-corrected chi connectivity index (χ4v) is 5.07. The van der Waals surface area contributed by atoms with Crippen molar-refractivity contribution in [2.75, 3.05) is 17.7 Å². The molecule has 6 rings (SSSR count). The number of urea groups is 1. The first-order valence-corrected chi connectivity index (χ1v) is 12.7. The number of aromatic amines is 1. The van der Waals surface area contributed by atoms with Crippen LogP contribution in [0.3, 0.4) is 0 Å². The van der Waals surface area contributed by atoms with Gasteiger partial charge in [-0.2, -0.15) is 0 Å². The highest BCUT2D eigenvalue weighted by Crippen LogP contribution is 2.29. The molecule has 0 radical (unpaired) electrons. The van der Waals surface area contributed by atoms with Gasteiger partial charge in [0, 0.05) is 31.4 Å². The van der Waals surface area contributed by atoms with Gasteiger partial charge in [-0.05, 0) is 90.9 Å². The van der Waals surface area contributed by atoms with Gasteiger partial charge >= 0.3 is 6.03 Å². The third kappa shape index (κ3) is 5.02. The number of benzene rings is 3. The molecule has 0 saturated carbocycles. The Bertz CT molecular complexity index is 1600. The summed E-state index contributed by atoms with van der Waals surface area (Å²) in [4.78, 5) is 47.6. The second-order valence-electron chi connectivity index (χ2n) is 10.1. The van der Waals surface area contributed by atoms with E-state index >= 15 is 0 Å². The van der Waals surface area contributed by atoms with Crippen molar-refractivity contribution < 1.29 is 9.59 Å². The van der Waals surface area contributed by atoms with Crippen molar-refractivity contribution in [3.05, 3.63) is 98.6 Å². The van der Waals surface area contributed by atoms with Crippen LogP contribution in [0.15, 0.2) is 59.7 Å². The van der Waals surface area contributed by atoms with Crippen molar-refractivity contribution in [2.45, 2.75) is 46.2 Å². The fraction of sp³-hybridized carbons (Fsp3) is 0.267. The highest BCUT2D eigenvalue weighted by molar-refractivity contribution is 5.91. The van der Waals surface area contributed by atoms with Gasteiger partial charge in [0.2, 0.25) is 0 Å². The van der Waals surface area contributed by atoms with E-state index < -0.39 is 6.04 Å². The first kappa shape index (κ1) is 25.2. The molecule has 0 aliphatic carbocycles. The molecule has 1 unspecified atom stereocenters. The summed E-state index contributed by atoms with van der Waals surface area (Å²) in [6.07, 6.45) is 2.23. The zero-order chi connectivity index (χ0) is 27.0. The third-order valence-corrected chi connectivity index (χ3v) is 7.31. The normalized spacial score (nSPS) is 16.2. The van der Waals surface area contributed by atoms with Crippen LogP contribution in [0.5, 0.6) is 0 Å². The number of amides is 2. The Morgan fingerprint density at radius 1 is 0.921 bits per heavy atom. The number of ketones is 1. The average Bonchev–Trinajstić information content (AvgIpc) is 2.89. The van der Waals surface area contributed by atoms with E-state index in [9.17, 15) is 14.4 Å². The number of H-pyrrole nitrogens is 1. The summed E-state index contributed by atoms with van der Waals surface area (Å²) in [6, 6.07) is 14.4. The van der Waals surface area contributed by atoms with E-state index in [1.165, 1.54) is 6.33 Å². The summed E-state index contributed by atoms with van der Waals surface area (Å²) in [5, 5.41) is 6.85. The number of aryl methyl sites for hydroxylation is 4. The number of nitrogens with zero attached hydrogens (tertiary/aromatic N) is 2. The van der Waals surface area contributed by atoms with Gasteiger partial charge in [-0.25, -0.2) is 9.78 Å². The Hall–Kier alpha value is -4.46. The lowest BCUT2D eigenvalue weighted by atomic mass is 9.91. The van der Waals surface area contributed by atoms with Gasteiger partial charge in [-0.3, -0.25) is 9.59 Å². The van der Waals surface area contributed by atoms with Gasteiger partial charge in [0.1, 0.15) is 6.04 Å². The molecule has 2 aliphatic heterocycles. The van der Waals surface area contributed by atoms with Crippen molar-refractivity contribution in [1.82, 2.24) is 14.9 Å². The van der Waals surface area contributed by atoms with Gasteiger partial charge < -0.3 is 20.5 Å². The van der Waals surface area contributed by atoms with Crippen LogP contribution in [0.25, 0.3) is 10.9 Å². The van der Waals surface area contributed by atoms with E-state index in [0.717, 1.165) is 33.4 Å². The molecule has 8 nitrogen and oxygen atoms in total. The number of carbonyl (C=O) groups excluding carboxylic acids is 2. The summed E-state index contributed by atoms with van der Waals surface area (Å²) in [5.41, 5.74) is 7.71. The van der Waals surface area contributed by atoms with Crippen LogP contribution >= 0.6 is 0 Å². The zero-order valence-electron chi connectivity index (χ0n) is 22.0. The lowest BCUT2D eigenvalue weighted by molar-refractivity contribution is -0.119. The molecule has 194 valence electrons. The van der Waals surface area contributed by atoms with Crippen molar-refractivity contribution in [1.29, 1.82) is 0 Å². The van der Waals surface area contributed by atoms with Crippen LogP contribution in [0.1, 0.15) is 45.8 Å². The van der Waals surface area contributed by atoms with Crippen LogP contribution < -0.4 is 16.2 Å². The number of rotatable bonds is 2. The summed E-state index contributed by atoms with van der Waals surface area (Å²) in [5.74, 6) is 0.0394. The molecular formula is C30H31N5O3. The van der Waals surface area contributed by atoms with Crippen molar-refractivity contribution in [2.24, 2.45) is 0 Å². The van der Waals surface area contributed by atoms with Crippen LogP contribution in [-0.4, -0.2) is 33.7 Å². The van der Waals surface area contributed by atoms with Crippen LogP contribution in [0.4, 0.5) is 16.2 Å². The van der Waals surface area contributed by atoms with Gasteiger partial charge in [-0.15, -0.1) is 0 Å².